The minimum atomic E-state index is 0.769. The third kappa shape index (κ3) is 6.70. The second kappa shape index (κ2) is 9.26. The Morgan fingerprint density at radius 1 is 1.29 bits per heavy atom. The van der Waals surface area contributed by atoms with E-state index >= 15 is 0 Å². The quantitative estimate of drug-likeness (QED) is 0.689. The molecule has 96 valence electrons. The van der Waals surface area contributed by atoms with Gasteiger partial charge in [0.25, 0.3) is 0 Å². The molecule has 17 heavy (non-hydrogen) atoms. The van der Waals surface area contributed by atoms with Crippen LogP contribution in [0.25, 0.3) is 0 Å². The Morgan fingerprint density at radius 2 is 2.12 bits per heavy atom. The van der Waals surface area contributed by atoms with Crippen LogP contribution in [0.1, 0.15) is 24.8 Å². The minimum absolute atomic E-state index is 0.769. The summed E-state index contributed by atoms with van der Waals surface area (Å²) >= 11 is 11.3. The van der Waals surface area contributed by atoms with Gasteiger partial charge in [-0.05, 0) is 65.0 Å². The zero-order valence-corrected chi connectivity index (χ0v) is 13.3. The van der Waals surface area contributed by atoms with Gasteiger partial charge in [0.1, 0.15) is 0 Å². The zero-order chi connectivity index (χ0) is 12.5. The molecular formula is C13H19BrClNS. The minimum Gasteiger partial charge on any atom is -0.313 e. The molecule has 1 N–H and O–H groups in total. The van der Waals surface area contributed by atoms with E-state index in [0.717, 1.165) is 22.6 Å². The van der Waals surface area contributed by atoms with E-state index in [1.807, 2.05) is 17.8 Å². The third-order valence-corrected chi connectivity index (χ3v) is 4.43. The number of rotatable bonds is 8. The summed E-state index contributed by atoms with van der Waals surface area (Å²) in [7, 11) is 0. The van der Waals surface area contributed by atoms with Crippen LogP contribution in [0.3, 0.4) is 0 Å². The number of nitrogens with one attached hydrogen (secondary N) is 1. The lowest BCUT2D eigenvalue weighted by Crippen LogP contribution is -2.14. The number of unbranched alkanes of at least 4 members (excludes halogenated alkanes) is 2. The molecule has 1 nitrogen and oxygen atoms in total. The van der Waals surface area contributed by atoms with Crippen molar-refractivity contribution < 1.29 is 0 Å². The van der Waals surface area contributed by atoms with E-state index in [0.29, 0.717) is 0 Å². The molecule has 0 spiro atoms. The van der Waals surface area contributed by atoms with Gasteiger partial charge in [-0.1, -0.05) is 24.1 Å². The van der Waals surface area contributed by atoms with Crippen molar-refractivity contribution in [3.8, 4) is 0 Å². The molecule has 0 atom stereocenters. The van der Waals surface area contributed by atoms with E-state index in [1.54, 1.807) is 0 Å². The summed E-state index contributed by atoms with van der Waals surface area (Å²) in [5.74, 6) is 1.28. The lowest BCUT2D eigenvalue weighted by Gasteiger charge is -2.06. The van der Waals surface area contributed by atoms with E-state index in [2.05, 4.69) is 39.6 Å². The maximum absolute atomic E-state index is 5.94. The molecule has 1 aromatic carbocycles. The number of benzene rings is 1. The smallest absolute Gasteiger partial charge is 0.0548 e. The maximum atomic E-state index is 5.94. The van der Waals surface area contributed by atoms with Gasteiger partial charge in [-0.25, -0.2) is 0 Å². The SMILES string of the molecule is CSCCCCCNCc1ccc(Cl)c(Br)c1. The molecule has 0 aliphatic heterocycles. The van der Waals surface area contributed by atoms with Gasteiger partial charge in [0.05, 0.1) is 5.02 Å². The number of hydrogen-bond acceptors (Lipinski definition) is 2. The normalized spacial score (nSPS) is 10.8. The fraction of sp³-hybridized carbons (Fsp3) is 0.538. The fourth-order valence-corrected chi connectivity index (χ4v) is 2.59. The first-order valence-corrected chi connectivity index (χ1v) is 8.44. The van der Waals surface area contributed by atoms with Crippen LogP contribution >= 0.6 is 39.3 Å². The van der Waals surface area contributed by atoms with Crippen molar-refractivity contribution in [2.75, 3.05) is 18.6 Å². The highest BCUT2D eigenvalue weighted by molar-refractivity contribution is 9.10. The van der Waals surface area contributed by atoms with Crippen LogP contribution < -0.4 is 5.32 Å². The van der Waals surface area contributed by atoms with Crippen LogP contribution in [0.15, 0.2) is 22.7 Å². The molecule has 0 aromatic heterocycles. The molecule has 0 fully saturated rings. The summed E-state index contributed by atoms with van der Waals surface area (Å²) in [6.45, 7) is 2.01. The molecule has 0 saturated carbocycles. The van der Waals surface area contributed by atoms with Crippen LogP contribution in [-0.4, -0.2) is 18.6 Å². The van der Waals surface area contributed by atoms with E-state index < -0.39 is 0 Å². The van der Waals surface area contributed by atoms with E-state index in [1.165, 1.54) is 30.6 Å². The van der Waals surface area contributed by atoms with Gasteiger partial charge in [0.15, 0.2) is 0 Å². The van der Waals surface area contributed by atoms with Gasteiger partial charge < -0.3 is 5.32 Å². The Morgan fingerprint density at radius 3 is 2.82 bits per heavy atom. The Bertz CT molecular complexity index is 333. The second-order valence-electron chi connectivity index (χ2n) is 3.98. The highest BCUT2D eigenvalue weighted by atomic mass is 79.9. The molecular weight excluding hydrogens is 318 g/mol. The third-order valence-electron chi connectivity index (χ3n) is 2.52. The molecule has 0 saturated heterocycles. The average Bonchev–Trinajstić information content (AvgIpc) is 2.32. The molecule has 0 amide bonds. The molecule has 1 aromatic rings. The van der Waals surface area contributed by atoms with E-state index in [9.17, 15) is 0 Å². The molecule has 0 unspecified atom stereocenters. The average molecular weight is 337 g/mol. The summed E-state index contributed by atoms with van der Waals surface area (Å²) < 4.78 is 0.971. The van der Waals surface area contributed by atoms with Gasteiger partial charge in [-0.15, -0.1) is 0 Å². The van der Waals surface area contributed by atoms with Crippen LogP contribution in [0, 0.1) is 0 Å². The van der Waals surface area contributed by atoms with Crippen LogP contribution in [0.5, 0.6) is 0 Å². The van der Waals surface area contributed by atoms with Crippen molar-refractivity contribution in [1.82, 2.24) is 5.32 Å². The zero-order valence-electron chi connectivity index (χ0n) is 10.1. The Hall–Kier alpha value is 0.300. The topological polar surface area (TPSA) is 12.0 Å². The molecule has 0 bridgehead atoms. The number of hydrogen-bond donors (Lipinski definition) is 1. The largest absolute Gasteiger partial charge is 0.313 e. The van der Waals surface area contributed by atoms with Crippen molar-refractivity contribution in [3.05, 3.63) is 33.3 Å². The highest BCUT2D eigenvalue weighted by Crippen LogP contribution is 2.23. The molecule has 0 aliphatic carbocycles. The Labute approximate surface area is 122 Å². The van der Waals surface area contributed by atoms with Gasteiger partial charge in [0, 0.05) is 11.0 Å². The van der Waals surface area contributed by atoms with E-state index in [-0.39, 0.29) is 0 Å². The van der Waals surface area contributed by atoms with Crippen molar-refractivity contribution in [3.63, 3.8) is 0 Å². The van der Waals surface area contributed by atoms with Crippen LogP contribution in [-0.2, 0) is 6.54 Å². The van der Waals surface area contributed by atoms with E-state index in [4.69, 9.17) is 11.6 Å². The van der Waals surface area contributed by atoms with Crippen LogP contribution in [0.2, 0.25) is 5.02 Å². The second-order valence-corrected chi connectivity index (χ2v) is 6.23. The molecule has 0 heterocycles. The summed E-state index contributed by atoms with van der Waals surface area (Å²) in [5, 5.41) is 4.22. The number of halogens is 2. The van der Waals surface area contributed by atoms with Gasteiger partial charge in [-0.3, -0.25) is 0 Å². The first-order chi connectivity index (χ1) is 8.24. The van der Waals surface area contributed by atoms with Gasteiger partial charge in [0.2, 0.25) is 0 Å². The van der Waals surface area contributed by atoms with Crippen molar-refractivity contribution in [2.45, 2.75) is 25.8 Å². The summed E-state index contributed by atoms with van der Waals surface area (Å²) in [6.07, 6.45) is 6.07. The predicted molar refractivity (Wildman–Crippen MR) is 83.1 cm³/mol. The molecule has 1 rings (SSSR count). The molecule has 0 radical (unpaired) electrons. The molecule has 4 heteroatoms. The van der Waals surface area contributed by atoms with Crippen molar-refractivity contribution in [1.29, 1.82) is 0 Å². The summed E-state index contributed by atoms with van der Waals surface area (Å²) in [4.78, 5) is 0. The van der Waals surface area contributed by atoms with Gasteiger partial charge >= 0.3 is 0 Å². The summed E-state index contributed by atoms with van der Waals surface area (Å²) in [6, 6.07) is 6.07. The standard InChI is InChI=1S/C13H19BrClNS/c1-17-8-4-2-3-7-16-10-11-5-6-13(15)12(14)9-11/h5-6,9,16H,2-4,7-8,10H2,1H3. The number of thioether (sulfide) groups is 1. The van der Waals surface area contributed by atoms with Crippen molar-refractivity contribution >= 4 is 39.3 Å². The van der Waals surface area contributed by atoms with Gasteiger partial charge in [-0.2, -0.15) is 11.8 Å². The first kappa shape index (κ1) is 15.4. The maximum Gasteiger partial charge on any atom is 0.0548 e. The predicted octanol–water partition coefficient (Wildman–Crippen LogP) is 4.73. The Kier molecular flexibility index (Phi) is 8.36. The monoisotopic (exact) mass is 335 g/mol. The first-order valence-electron chi connectivity index (χ1n) is 5.87. The van der Waals surface area contributed by atoms with Crippen LogP contribution in [0.4, 0.5) is 0 Å². The summed E-state index contributed by atoms with van der Waals surface area (Å²) in [5.41, 5.74) is 1.27. The highest BCUT2D eigenvalue weighted by Gasteiger charge is 1.98. The fourth-order valence-electron chi connectivity index (χ4n) is 1.56. The lowest BCUT2D eigenvalue weighted by atomic mass is 10.2. The lowest BCUT2D eigenvalue weighted by molar-refractivity contribution is 0.618. The molecule has 0 aliphatic rings. The van der Waals surface area contributed by atoms with Crippen molar-refractivity contribution in [2.24, 2.45) is 0 Å². The Balaban J connectivity index is 2.11.